The second-order valence-corrected chi connectivity index (χ2v) is 4.98. The Morgan fingerprint density at radius 2 is 1.95 bits per heavy atom. The van der Waals surface area contributed by atoms with Gasteiger partial charge in [0.05, 0.1) is 6.42 Å². The van der Waals surface area contributed by atoms with E-state index in [1.165, 1.54) is 12.1 Å². The monoisotopic (exact) mass is 287 g/mol. The predicted octanol–water partition coefficient (Wildman–Crippen LogP) is 3.62. The lowest BCUT2D eigenvalue weighted by molar-refractivity contribution is -0.136. The average molecular weight is 287 g/mol. The van der Waals surface area contributed by atoms with Crippen molar-refractivity contribution in [1.82, 2.24) is 0 Å². The molecule has 0 atom stereocenters. The maximum absolute atomic E-state index is 13.3. The number of anilines is 1. The fourth-order valence-electron chi connectivity index (χ4n) is 2.29. The third-order valence-corrected chi connectivity index (χ3v) is 3.31. The predicted molar refractivity (Wildman–Crippen MR) is 80.9 cm³/mol. The minimum absolute atomic E-state index is 0.0453. The van der Waals surface area contributed by atoms with Crippen LogP contribution in [-0.2, 0) is 11.3 Å². The number of aliphatic carboxylic acids is 1. The van der Waals surface area contributed by atoms with Crippen LogP contribution in [-0.4, -0.2) is 17.6 Å². The van der Waals surface area contributed by atoms with Crippen molar-refractivity contribution in [2.24, 2.45) is 0 Å². The zero-order valence-electron chi connectivity index (χ0n) is 11.9. The van der Waals surface area contributed by atoms with Crippen LogP contribution in [0.25, 0.3) is 0 Å². The molecule has 0 bridgehead atoms. The highest BCUT2D eigenvalue weighted by Crippen LogP contribution is 2.22. The fraction of sp³-hybridized carbons (Fsp3) is 0.235. The van der Waals surface area contributed by atoms with Gasteiger partial charge in [-0.3, -0.25) is 4.79 Å². The Kier molecular flexibility index (Phi) is 4.93. The molecule has 4 heteroatoms. The Morgan fingerprint density at radius 3 is 2.62 bits per heavy atom. The van der Waals surface area contributed by atoms with Gasteiger partial charge in [0.2, 0.25) is 0 Å². The van der Waals surface area contributed by atoms with Gasteiger partial charge in [0.25, 0.3) is 0 Å². The van der Waals surface area contributed by atoms with Crippen molar-refractivity contribution in [3.8, 4) is 0 Å². The largest absolute Gasteiger partial charge is 0.481 e. The highest BCUT2D eigenvalue weighted by Gasteiger charge is 2.11. The number of halogens is 1. The molecular formula is C17H18FNO2. The van der Waals surface area contributed by atoms with Crippen LogP contribution in [0.3, 0.4) is 0 Å². The molecule has 0 spiro atoms. The van der Waals surface area contributed by atoms with Gasteiger partial charge in [-0.25, -0.2) is 4.39 Å². The lowest BCUT2D eigenvalue weighted by Crippen LogP contribution is -2.26. The Labute approximate surface area is 123 Å². The number of hydrogen-bond donors (Lipinski definition) is 1. The second-order valence-electron chi connectivity index (χ2n) is 4.98. The smallest absolute Gasteiger partial charge is 0.305 e. The molecule has 2 rings (SSSR count). The molecule has 2 aromatic carbocycles. The summed E-state index contributed by atoms with van der Waals surface area (Å²) in [5, 5.41) is 8.90. The van der Waals surface area contributed by atoms with E-state index in [4.69, 9.17) is 5.11 Å². The second kappa shape index (κ2) is 6.88. The van der Waals surface area contributed by atoms with E-state index in [1.54, 1.807) is 6.07 Å². The van der Waals surface area contributed by atoms with Crippen molar-refractivity contribution in [2.45, 2.75) is 19.9 Å². The number of carboxylic acids is 1. The van der Waals surface area contributed by atoms with Crippen molar-refractivity contribution < 1.29 is 14.3 Å². The Balaban J connectivity index is 2.23. The van der Waals surface area contributed by atoms with E-state index in [2.05, 4.69) is 0 Å². The first kappa shape index (κ1) is 15.0. The molecule has 2 aromatic rings. The number of rotatable bonds is 6. The number of carbonyl (C=O) groups is 1. The molecular weight excluding hydrogens is 269 g/mol. The molecule has 0 saturated carbocycles. The van der Waals surface area contributed by atoms with Crippen LogP contribution < -0.4 is 4.90 Å². The van der Waals surface area contributed by atoms with Crippen LogP contribution in [0.4, 0.5) is 10.1 Å². The summed E-state index contributed by atoms with van der Waals surface area (Å²) in [6.07, 6.45) is 0.0453. The van der Waals surface area contributed by atoms with Crippen molar-refractivity contribution in [1.29, 1.82) is 0 Å². The van der Waals surface area contributed by atoms with Crippen LogP contribution in [0.1, 0.15) is 17.5 Å². The Morgan fingerprint density at radius 1 is 1.19 bits per heavy atom. The summed E-state index contributed by atoms with van der Waals surface area (Å²) in [5.74, 6) is -1.12. The summed E-state index contributed by atoms with van der Waals surface area (Å²) in [6.45, 7) is 2.85. The first-order valence-electron chi connectivity index (χ1n) is 6.83. The lowest BCUT2D eigenvalue weighted by Gasteiger charge is -2.26. The van der Waals surface area contributed by atoms with E-state index in [-0.39, 0.29) is 12.2 Å². The molecule has 0 aromatic heterocycles. The highest BCUT2D eigenvalue weighted by molar-refractivity contribution is 5.68. The highest BCUT2D eigenvalue weighted by atomic mass is 19.1. The quantitative estimate of drug-likeness (QED) is 0.882. The van der Waals surface area contributed by atoms with Gasteiger partial charge in [0.15, 0.2) is 0 Å². The number of carboxylic acid groups (broad SMARTS) is 1. The van der Waals surface area contributed by atoms with Gasteiger partial charge in [0.1, 0.15) is 5.82 Å². The summed E-state index contributed by atoms with van der Waals surface area (Å²) in [6, 6.07) is 14.2. The number of hydrogen-bond acceptors (Lipinski definition) is 2. The van der Waals surface area contributed by atoms with Gasteiger partial charge in [-0.2, -0.15) is 0 Å². The van der Waals surface area contributed by atoms with E-state index in [1.807, 2.05) is 42.2 Å². The van der Waals surface area contributed by atoms with E-state index < -0.39 is 5.97 Å². The molecule has 110 valence electrons. The standard InChI is InChI=1S/C17H18FNO2/c1-13-5-2-3-8-16(13)19(10-9-17(20)21)12-14-6-4-7-15(18)11-14/h2-8,11H,9-10,12H2,1H3,(H,20,21). The number of benzene rings is 2. The van der Waals surface area contributed by atoms with Crippen LogP contribution in [0.15, 0.2) is 48.5 Å². The lowest BCUT2D eigenvalue weighted by atomic mass is 10.1. The minimum atomic E-state index is -0.840. The molecule has 0 heterocycles. The molecule has 0 aliphatic carbocycles. The van der Waals surface area contributed by atoms with Crippen molar-refractivity contribution >= 4 is 11.7 Å². The topological polar surface area (TPSA) is 40.5 Å². The molecule has 0 fully saturated rings. The molecule has 3 nitrogen and oxygen atoms in total. The number of nitrogens with zero attached hydrogens (tertiary/aromatic N) is 1. The fourth-order valence-corrected chi connectivity index (χ4v) is 2.29. The molecule has 1 N–H and O–H groups in total. The third kappa shape index (κ3) is 4.31. The molecule has 0 unspecified atom stereocenters. The van der Waals surface area contributed by atoms with Crippen LogP contribution in [0, 0.1) is 12.7 Å². The molecule has 21 heavy (non-hydrogen) atoms. The third-order valence-electron chi connectivity index (χ3n) is 3.31. The summed E-state index contributed by atoms with van der Waals surface area (Å²) >= 11 is 0. The minimum Gasteiger partial charge on any atom is -0.481 e. The molecule has 0 aliphatic heterocycles. The summed E-state index contributed by atoms with van der Waals surface area (Å²) in [7, 11) is 0. The SMILES string of the molecule is Cc1ccccc1N(CCC(=O)O)Cc1cccc(F)c1. The Hall–Kier alpha value is -2.36. The van der Waals surface area contributed by atoms with Gasteiger partial charge >= 0.3 is 5.97 Å². The van der Waals surface area contributed by atoms with Crippen molar-refractivity contribution in [3.63, 3.8) is 0 Å². The van der Waals surface area contributed by atoms with E-state index in [0.717, 1.165) is 16.8 Å². The van der Waals surface area contributed by atoms with Gasteiger partial charge in [-0.15, -0.1) is 0 Å². The number of para-hydroxylation sites is 1. The van der Waals surface area contributed by atoms with Gasteiger partial charge in [0, 0.05) is 18.8 Å². The Bertz CT molecular complexity index is 628. The van der Waals surface area contributed by atoms with Crippen LogP contribution >= 0.6 is 0 Å². The normalized spacial score (nSPS) is 10.4. The summed E-state index contributed by atoms with van der Waals surface area (Å²) < 4.78 is 13.3. The molecule has 0 radical (unpaired) electrons. The van der Waals surface area contributed by atoms with Crippen molar-refractivity contribution in [2.75, 3.05) is 11.4 Å². The van der Waals surface area contributed by atoms with E-state index in [9.17, 15) is 9.18 Å². The first-order chi connectivity index (χ1) is 10.1. The first-order valence-corrected chi connectivity index (χ1v) is 6.83. The van der Waals surface area contributed by atoms with E-state index >= 15 is 0 Å². The average Bonchev–Trinajstić information content (AvgIpc) is 2.44. The molecule has 0 amide bonds. The van der Waals surface area contributed by atoms with Gasteiger partial charge < -0.3 is 10.0 Å². The summed E-state index contributed by atoms with van der Waals surface area (Å²) in [5.41, 5.74) is 2.87. The van der Waals surface area contributed by atoms with Crippen LogP contribution in [0.2, 0.25) is 0 Å². The summed E-state index contributed by atoms with van der Waals surface area (Å²) in [4.78, 5) is 12.8. The van der Waals surface area contributed by atoms with Gasteiger partial charge in [-0.05, 0) is 36.2 Å². The maximum atomic E-state index is 13.3. The van der Waals surface area contributed by atoms with Crippen molar-refractivity contribution in [3.05, 3.63) is 65.5 Å². The van der Waals surface area contributed by atoms with Crippen LogP contribution in [0.5, 0.6) is 0 Å². The van der Waals surface area contributed by atoms with E-state index in [0.29, 0.717) is 13.1 Å². The molecule has 0 saturated heterocycles. The molecule has 0 aliphatic rings. The zero-order chi connectivity index (χ0) is 15.2. The zero-order valence-corrected chi connectivity index (χ0v) is 11.9. The number of aryl methyl sites for hydroxylation is 1. The maximum Gasteiger partial charge on any atom is 0.305 e. The van der Waals surface area contributed by atoms with Gasteiger partial charge in [-0.1, -0.05) is 30.3 Å².